The molecular formula is C22H18Cl2N2O2S. The molecule has 0 unspecified atom stereocenters. The van der Waals surface area contributed by atoms with Gasteiger partial charge in [-0.3, -0.25) is 9.59 Å². The van der Waals surface area contributed by atoms with Crippen molar-refractivity contribution < 1.29 is 9.59 Å². The minimum Gasteiger partial charge on any atom is -0.324 e. The fourth-order valence-corrected chi connectivity index (χ4v) is 3.62. The number of anilines is 2. The third kappa shape index (κ3) is 6.00. The van der Waals surface area contributed by atoms with Crippen LogP contribution in [-0.4, -0.2) is 17.6 Å². The summed E-state index contributed by atoms with van der Waals surface area (Å²) in [4.78, 5) is 25.4. The summed E-state index contributed by atoms with van der Waals surface area (Å²) in [5, 5.41) is 6.56. The number of nitrogens with one attached hydrogen (secondary N) is 2. The van der Waals surface area contributed by atoms with Gasteiger partial charge in [0, 0.05) is 21.2 Å². The number of halogens is 2. The van der Waals surface area contributed by atoms with Crippen LogP contribution in [0.25, 0.3) is 0 Å². The number of hydrogen-bond donors (Lipinski definition) is 2. The highest BCUT2D eigenvalue weighted by molar-refractivity contribution is 8.00. The molecule has 0 saturated carbocycles. The Kier molecular flexibility index (Phi) is 7.20. The molecule has 0 aliphatic rings. The number of amides is 2. The van der Waals surface area contributed by atoms with Gasteiger partial charge in [0.25, 0.3) is 5.91 Å². The normalized spacial score (nSPS) is 10.4. The fourth-order valence-electron chi connectivity index (χ4n) is 2.59. The molecule has 0 aliphatic heterocycles. The second kappa shape index (κ2) is 9.83. The molecule has 7 heteroatoms. The standard InChI is InChI=1S/C22H18Cl2N2O2S/c1-14-4-2-3-5-18(14)22(28)25-16-7-9-17(10-8-16)29-13-21(27)26-20-12-15(23)6-11-19(20)24/h2-12H,13H2,1H3,(H,25,28)(H,26,27). The molecule has 0 atom stereocenters. The highest BCUT2D eigenvalue weighted by Crippen LogP contribution is 2.26. The average Bonchev–Trinajstić information content (AvgIpc) is 2.70. The van der Waals surface area contributed by atoms with Gasteiger partial charge in [-0.05, 0) is 61.0 Å². The third-order valence-corrected chi connectivity index (χ3v) is 5.65. The third-order valence-electron chi connectivity index (χ3n) is 4.07. The predicted molar refractivity (Wildman–Crippen MR) is 121 cm³/mol. The van der Waals surface area contributed by atoms with Crippen LogP contribution in [0.3, 0.4) is 0 Å². The molecule has 0 aromatic heterocycles. The van der Waals surface area contributed by atoms with Crippen molar-refractivity contribution in [3.63, 3.8) is 0 Å². The Morgan fingerprint density at radius 3 is 2.38 bits per heavy atom. The molecule has 0 bridgehead atoms. The monoisotopic (exact) mass is 444 g/mol. The van der Waals surface area contributed by atoms with Crippen LogP contribution in [0.1, 0.15) is 15.9 Å². The Labute approximate surface area is 183 Å². The molecule has 0 heterocycles. The fraction of sp³-hybridized carbons (Fsp3) is 0.0909. The smallest absolute Gasteiger partial charge is 0.255 e. The zero-order valence-electron chi connectivity index (χ0n) is 15.5. The van der Waals surface area contributed by atoms with E-state index >= 15 is 0 Å². The summed E-state index contributed by atoms with van der Waals surface area (Å²) >= 11 is 13.4. The van der Waals surface area contributed by atoms with Crippen molar-refractivity contribution in [2.45, 2.75) is 11.8 Å². The van der Waals surface area contributed by atoms with E-state index in [1.807, 2.05) is 49.4 Å². The summed E-state index contributed by atoms with van der Waals surface area (Å²) < 4.78 is 0. The van der Waals surface area contributed by atoms with Crippen LogP contribution >= 0.6 is 35.0 Å². The van der Waals surface area contributed by atoms with Crippen molar-refractivity contribution in [3.8, 4) is 0 Å². The van der Waals surface area contributed by atoms with Crippen molar-refractivity contribution in [2.24, 2.45) is 0 Å². The predicted octanol–water partition coefficient (Wildman–Crippen LogP) is 6.28. The lowest BCUT2D eigenvalue weighted by Gasteiger charge is -2.09. The van der Waals surface area contributed by atoms with E-state index < -0.39 is 0 Å². The second-order valence-corrected chi connectivity index (χ2v) is 8.15. The molecule has 3 rings (SSSR count). The van der Waals surface area contributed by atoms with Crippen molar-refractivity contribution in [1.82, 2.24) is 0 Å². The van der Waals surface area contributed by atoms with Gasteiger partial charge in [-0.1, -0.05) is 41.4 Å². The van der Waals surface area contributed by atoms with E-state index in [4.69, 9.17) is 23.2 Å². The topological polar surface area (TPSA) is 58.2 Å². The van der Waals surface area contributed by atoms with Gasteiger partial charge in [0.2, 0.25) is 5.91 Å². The van der Waals surface area contributed by atoms with E-state index in [-0.39, 0.29) is 17.6 Å². The van der Waals surface area contributed by atoms with Crippen molar-refractivity contribution in [2.75, 3.05) is 16.4 Å². The molecule has 0 radical (unpaired) electrons. The summed E-state index contributed by atoms with van der Waals surface area (Å²) in [6.45, 7) is 1.90. The Bertz CT molecular complexity index is 1040. The highest BCUT2D eigenvalue weighted by atomic mass is 35.5. The lowest BCUT2D eigenvalue weighted by molar-refractivity contribution is -0.113. The summed E-state index contributed by atoms with van der Waals surface area (Å²) in [5.74, 6) is -0.116. The lowest BCUT2D eigenvalue weighted by atomic mass is 10.1. The van der Waals surface area contributed by atoms with Crippen LogP contribution < -0.4 is 10.6 Å². The number of hydrogen-bond acceptors (Lipinski definition) is 3. The number of carbonyl (C=O) groups is 2. The van der Waals surface area contributed by atoms with Gasteiger partial charge in [0.1, 0.15) is 0 Å². The average molecular weight is 445 g/mol. The molecule has 0 spiro atoms. The molecule has 148 valence electrons. The molecule has 0 fully saturated rings. The molecule has 0 saturated heterocycles. The van der Waals surface area contributed by atoms with E-state index in [0.717, 1.165) is 10.5 Å². The zero-order valence-corrected chi connectivity index (χ0v) is 17.9. The molecule has 29 heavy (non-hydrogen) atoms. The van der Waals surface area contributed by atoms with E-state index in [1.54, 1.807) is 24.3 Å². The van der Waals surface area contributed by atoms with Crippen molar-refractivity contribution in [3.05, 3.63) is 87.9 Å². The van der Waals surface area contributed by atoms with E-state index in [1.165, 1.54) is 11.8 Å². The summed E-state index contributed by atoms with van der Waals surface area (Å²) in [5.41, 5.74) is 2.74. The van der Waals surface area contributed by atoms with Gasteiger partial charge in [0.05, 0.1) is 16.5 Å². The van der Waals surface area contributed by atoms with Gasteiger partial charge < -0.3 is 10.6 Å². The SMILES string of the molecule is Cc1ccccc1C(=O)Nc1ccc(SCC(=O)Nc2cc(Cl)ccc2Cl)cc1. The molecule has 3 aromatic rings. The van der Waals surface area contributed by atoms with Gasteiger partial charge >= 0.3 is 0 Å². The Balaban J connectivity index is 1.54. The second-order valence-electron chi connectivity index (χ2n) is 6.25. The summed E-state index contributed by atoms with van der Waals surface area (Å²) in [6, 6.07) is 19.7. The van der Waals surface area contributed by atoms with Gasteiger partial charge in [-0.25, -0.2) is 0 Å². The molecule has 2 N–H and O–H groups in total. The molecule has 2 amide bonds. The van der Waals surface area contributed by atoms with Gasteiger partial charge in [-0.15, -0.1) is 11.8 Å². The first-order chi connectivity index (χ1) is 13.9. The van der Waals surface area contributed by atoms with Crippen molar-refractivity contribution in [1.29, 1.82) is 0 Å². The minimum atomic E-state index is -0.184. The quantitative estimate of drug-likeness (QED) is 0.439. The first-order valence-electron chi connectivity index (χ1n) is 8.77. The lowest BCUT2D eigenvalue weighted by Crippen LogP contribution is -2.14. The van der Waals surface area contributed by atoms with E-state index in [0.29, 0.717) is 27.0 Å². The van der Waals surface area contributed by atoms with Crippen LogP contribution in [0.15, 0.2) is 71.6 Å². The van der Waals surface area contributed by atoms with Crippen molar-refractivity contribution >= 4 is 58.2 Å². The molecule has 0 aliphatic carbocycles. The highest BCUT2D eigenvalue weighted by Gasteiger charge is 2.10. The van der Waals surface area contributed by atoms with Crippen LogP contribution in [0, 0.1) is 6.92 Å². The molecule has 4 nitrogen and oxygen atoms in total. The van der Waals surface area contributed by atoms with E-state index in [2.05, 4.69) is 10.6 Å². The summed E-state index contributed by atoms with van der Waals surface area (Å²) in [7, 11) is 0. The Hall–Kier alpha value is -2.47. The summed E-state index contributed by atoms with van der Waals surface area (Å²) in [6.07, 6.45) is 0. The van der Waals surface area contributed by atoms with Gasteiger partial charge in [-0.2, -0.15) is 0 Å². The van der Waals surface area contributed by atoms with E-state index in [9.17, 15) is 9.59 Å². The van der Waals surface area contributed by atoms with Crippen LogP contribution in [0.2, 0.25) is 10.0 Å². The number of rotatable bonds is 6. The first-order valence-corrected chi connectivity index (χ1v) is 10.5. The maximum atomic E-state index is 12.4. The maximum absolute atomic E-state index is 12.4. The van der Waals surface area contributed by atoms with Crippen LogP contribution in [-0.2, 0) is 4.79 Å². The number of aryl methyl sites for hydroxylation is 1. The number of thioether (sulfide) groups is 1. The van der Waals surface area contributed by atoms with Gasteiger partial charge in [0.15, 0.2) is 0 Å². The largest absolute Gasteiger partial charge is 0.324 e. The Morgan fingerprint density at radius 1 is 0.931 bits per heavy atom. The minimum absolute atomic E-state index is 0.152. The molecule has 3 aromatic carbocycles. The maximum Gasteiger partial charge on any atom is 0.255 e. The number of carbonyl (C=O) groups excluding carboxylic acids is 2. The zero-order chi connectivity index (χ0) is 20.8. The molecular weight excluding hydrogens is 427 g/mol. The first kappa shape index (κ1) is 21.2. The number of benzene rings is 3. The Morgan fingerprint density at radius 2 is 1.66 bits per heavy atom. The van der Waals surface area contributed by atoms with Crippen LogP contribution in [0.4, 0.5) is 11.4 Å². The van der Waals surface area contributed by atoms with Crippen LogP contribution in [0.5, 0.6) is 0 Å².